The van der Waals surface area contributed by atoms with Crippen LogP contribution in [0.15, 0.2) is 48.7 Å². The number of hydrogen-bond acceptors (Lipinski definition) is 4. The maximum atomic E-state index is 5.25. The smallest absolute Gasteiger partial charge is 0.160 e. The highest BCUT2D eigenvalue weighted by Gasteiger charge is 2.25. The van der Waals surface area contributed by atoms with Crippen molar-refractivity contribution < 1.29 is 4.74 Å². The molecule has 0 spiro atoms. The lowest BCUT2D eigenvalue weighted by Gasteiger charge is -2.33. The summed E-state index contributed by atoms with van der Waals surface area (Å²) >= 11 is 0. The number of methoxy groups -OCH3 is 1. The van der Waals surface area contributed by atoms with Crippen LogP contribution < -0.4 is 4.74 Å². The maximum Gasteiger partial charge on any atom is 0.160 e. The summed E-state index contributed by atoms with van der Waals surface area (Å²) in [6.07, 6.45) is 4.36. The van der Waals surface area contributed by atoms with Crippen molar-refractivity contribution in [2.75, 3.05) is 26.7 Å². The molecule has 2 aromatic heterocycles. The summed E-state index contributed by atoms with van der Waals surface area (Å²) < 4.78 is 7.39. The van der Waals surface area contributed by atoms with Gasteiger partial charge in [-0.3, -0.25) is 4.40 Å². The summed E-state index contributed by atoms with van der Waals surface area (Å²) in [6, 6.07) is 14.5. The number of aromatic nitrogens is 3. The van der Waals surface area contributed by atoms with Gasteiger partial charge in [-0.25, -0.2) is 0 Å². The first kappa shape index (κ1) is 17.0. The molecule has 1 saturated heterocycles. The number of piperidine rings is 1. The minimum absolute atomic E-state index is 0.500. The van der Waals surface area contributed by atoms with Gasteiger partial charge in [0.15, 0.2) is 5.65 Å². The van der Waals surface area contributed by atoms with Gasteiger partial charge in [-0.15, -0.1) is 10.2 Å². The fourth-order valence-corrected chi connectivity index (χ4v) is 3.94. The number of pyridine rings is 1. The van der Waals surface area contributed by atoms with Crippen molar-refractivity contribution in [1.29, 1.82) is 0 Å². The van der Waals surface area contributed by atoms with E-state index in [-0.39, 0.29) is 0 Å². The highest BCUT2D eigenvalue weighted by Crippen LogP contribution is 2.28. The SMILES string of the molecule is COc1ccc(C(C)CN2CCC(c3nnc4ccccn34)CC2)cc1. The molecule has 0 aliphatic carbocycles. The molecule has 0 bridgehead atoms. The van der Waals surface area contributed by atoms with Crippen LogP contribution in [0, 0.1) is 0 Å². The van der Waals surface area contributed by atoms with Crippen molar-refractivity contribution in [1.82, 2.24) is 19.5 Å². The van der Waals surface area contributed by atoms with Crippen LogP contribution in [-0.4, -0.2) is 46.2 Å². The number of ether oxygens (including phenoxy) is 1. The fourth-order valence-electron chi connectivity index (χ4n) is 3.94. The molecule has 1 aromatic carbocycles. The molecule has 136 valence electrons. The first-order valence-corrected chi connectivity index (χ1v) is 9.40. The first-order valence-electron chi connectivity index (χ1n) is 9.40. The summed E-state index contributed by atoms with van der Waals surface area (Å²) in [4.78, 5) is 2.58. The molecule has 0 saturated carbocycles. The van der Waals surface area contributed by atoms with Gasteiger partial charge >= 0.3 is 0 Å². The van der Waals surface area contributed by atoms with E-state index >= 15 is 0 Å². The topological polar surface area (TPSA) is 42.7 Å². The van der Waals surface area contributed by atoms with Crippen LogP contribution in [0.2, 0.25) is 0 Å². The lowest BCUT2D eigenvalue weighted by Crippen LogP contribution is -2.35. The molecule has 1 unspecified atom stereocenters. The Hall–Kier alpha value is -2.40. The molecule has 5 nitrogen and oxygen atoms in total. The van der Waals surface area contributed by atoms with Crippen molar-refractivity contribution in [2.45, 2.75) is 31.6 Å². The van der Waals surface area contributed by atoms with Gasteiger partial charge in [0.1, 0.15) is 11.6 Å². The summed E-state index contributed by atoms with van der Waals surface area (Å²) in [5, 5.41) is 8.76. The van der Waals surface area contributed by atoms with E-state index in [4.69, 9.17) is 4.74 Å². The first-order chi connectivity index (χ1) is 12.7. The average molecular weight is 350 g/mol. The van der Waals surface area contributed by atoms with Gasteiger partial charge in [-0.2, -0.15) is 0 Å². The van der Waals surface area contributed by atoms with E-state index in [9.17, 15) is 0 Å². The summed E-state index contributed by atoms with van der Waals surface area (Å²) in [5.41, 5.74) is 2.31. The number of nitrogens with zero attached hydrogens (tertiary/aromatic N) is 4. The van der Waals surface area contributed by atoms with Crippen molar-refractivity contribution in [3.63, 3.8) is 0 Å². The van der Waals surface area contributed by atoms with Crippen molar-refractivity contribution in [3.05, 3.63) is 60.0 Å². The van der Waals surface area contributed by atoms with Crippen LogP contribution in [0.3, 0.4) is 0 Å². The fraction of sp³-hybridized carbons (Fsp3) is 0.429. The van der Waals surface area contributed by atoms with E-state index in [2.05, 4.69) is 56.9 Å². The van der Waals surface area contributed by atoms with Crippen molar-refractivity contribution >= 4 is 5.65 Å². The van der Waals surface area contributed by atoms with Gasteiger partial charge in [0.25, 0.3) is 0 Å². The monoisotopic (exact) mass is 350 g/mol. The minimum atomic E-state index is 0.500. The minimum Gasteiger partial charge on any atom is -0.497 e. The van der Waals surface area contributed by atoms with Gasteiger partial charge in [0, 0.05) is 18.7 Å². The number of hydrogen-bond donors (Lipinski definition) is 0. The van der Waals surface area contributed by atoms with Gasteiger partial charge in [-0.1, -0.05) is 25.1 Å². The molecule has 26 heavy (non-hydrogen) atoms. The normalized spacial score (nSPS) is 17.5. The molecule has 0 radical (unpaired) electrons. The zero-order valence-corrected chi connectivity index (χ0v) is 15.5. The van der Waals surface area contributed by atoms with Crippen molar-refractivity contribution in [2.24, 2.45) is 0 Å². The van der Waals surface area contributed by atoms with Crippen LogP contribution in [-0.2, 0) is 0 Å². The molecule has 0 amide bonds. The Morgan fingerprint density at radius 2 is 1.85 bits per heavy atom. The van der Waals surface area contributed by atoms with Crippen LogP contribution in [0.1, 0.15) is 43.0 Å². The van der Waals surface area contributed by atoms with E-state index in [1.54, 1.807) is 7.11 Å². The maximum absolute atomic E-state index is 5.25. The summed E-state index contributed by atoms with van der Waals surface area (Å²) in [5.74, 6) is 3.05. The molecule has 1 aliphatic rings. The second-order valence-electron chi connectivity index (χ2n) is 7.24. The molecule has 3 aromatic rings. The van der Waals surface area contributed by atoms with Crippen LogP contribution in [0.4, 0.5) is 0 Å². The van der Waals surface area contributed by atoms with Gasteiger partial charge in [0.05, 0.1) is 7.11 Å². The summed E-state index contributed by atoms with van der Waals surface area (Å²) in [6.45, 7) is 5.64. The third kappa shape index (κ3) is 3.44. The van der Waals surface area contributed by atoms with E-state index in [0.29, 0.717) is 11.8 Å². The predicted molar refractivity (Wildman–Crippen MR) is 103 cm³/mol. The Kier molecular flexibility index (Phi) is 4.89. The molecule has 1 atom stereocenters. The van der Waals surface area contributed by atoms with Crippen molar-refractivity contribution in [3.8, 4) is 5.75 Å². The zero-order chi connectivity index (χ0) is 17.9. The second kappa shape index (κ2) is 7.46. The molecule has 0 N–H and O–H groups in total. The second-order valence-corrected chi connectivity index (χ2v) is 7.24. The molecule has 3 heterocycles. The number of fused-ring (bicyclic) bond motifs is 1. The summed E-state index contributed by atoms with van der Waals surface area (Å²) in [7, 11) is 1.71. The molecule has 1 aliphatic heterocycles. The highest BCUT2D eigenvalue weighted by atomic mass is 16.5. The molecule has 5 heteroatoms. The van der Waals surface area contributed by atoms with Crippen LogP contribution in [0.25, 0.3) is 5.65 Å². The van der Waals surface area contributed by atoms with E-state index in [0.717, 1.165) is 49.7 Å². The average Bonchev–Trinajstić information content (AvgIpc) is 3.13. The molecule has 1 fully saturated rings. The predicted octanol–water partition coefficient (Wildman–Crippen LogP) is 3.72. The Morgan fingerprint density at radius 3 is 2.58 bits per heavy atom. The van der Waals surface area contributed by atoms with Gasteiger partial charge in [0.2, 0.25) is 0 Å². The van der Waals surface area contributed by atoms with Gasteiger partial charge in [-0.05, 0) is 61.7 Å². The Labute approximate surface area is 154 Å². The molecular formula is C21H26N4O. The Balaban J connectivity index is 1.36. The zero-order valence-electron chi connectivity index (χ0n) is 15.5. The highest BCUT2D eigenvalue weighted by molar-refractivity contribution is 5.37. The van der Waals surface area contributed by atoms with E-state index in [1.165, 1.54) is 5.56 Å². The number of rotatable bonds is 5. The lowest BCUT2D eigenvalue weighted by molar-refractivity contribution is 0.200. The third-order valence-corrected chi connectivity index (χ3v) is 5.51. The molecule has 4 rings (SSSR count). The third-order valence-electron chi connectivity index (χ3n) is 5.51. The lowest BCUT2D eigenvalue weighted by atomic mass is 9.94. The van der Waals surface area contributed by atoms with Crippen LogP contribution >= 0.6 is 0 Å². The Morgan fingerprint density at radius 1 is 1.08 bits per heavy atom. The standard InChI is InChI=1S/C21H26N4O/c1-16(17-6-8-19(26-2)9-7-17)15-24-13-10-18(11-14-24)21-23-22-20-5-3-4-12-25(20)21/h3-9,12,16,18H,10-11,13-15H2,1-2H3. The number of likely N-dealkylation sites (tertiary alicyclic amines) is 1. The Bertz CT molecular complexity index is 850. The quantitative estimate of drug-likeness (QED) is 0.703. The largest absolute Gasteiger partial charge is 0.497 e. The number of benzene rings is 1. The van der Waals surface area contributed by atoms with E-state index < -0.39 is 0 Å². The van der Waals surface area contributed by atoms with Gasteiger partial charge < -0.3 is 9.64 Å². The van der Waals surface area contributed by atoms with Crippen LogP contribution in [0.5, 0.6) is 5.75 Å². The molecular weight excluding hydrogens is 324 g/mol. The van der Waals surface area contributed by atoms with E-state index in [1.807, 2.05) is 18.2 Å².